The predicted molar refractivity (Wildman–Crippen MR) is 84.9 cm³/mol. The molecule has 0 saturated carbocycles. The SMILES string of the molecule is Cc1cc(Br)cc(C(=O)NCC(Cl)CC(C)(C)C)c1. The lowest BCUT2D eigenvalue weighted by atomic mass is 9.90. The first-order valence-electron chi connectivity index (χ1n) is 6.37. The van der Waals surface area contributed by atoms with Crippen LogP contribution < -0.4 is 5.32 Å². The van der Waals surface area contributed by atoms with E-state index in [0.717, 1.165) is 16.5 Å². The minimum atomic E-state index is -0.0797. The van der Waals surface area contributed by atoms with Crippen LogP contribution in [0.25, 0.3) is 0 Å². The van der Waals surface area contributed by atoms with Gasteiger partial charge in [-0.15, -0.1) is 11.6 Å². The number of nitrogens with one attached hydrogen (secondary N) is 1. The molecular weight excluding hydrogens is 326 g/mol. The maximum atomic E-state index is 12.0. The van der Waals surface area contributed by atoms with E-state index >= 15 is 0 Å². The molecule has 1 N–H and O–H groups in total. The molecule has 2 nitrogen and oxygen atoms in total. The lowest BCUT2D eigenvalue weighted by Crippen LogP contribution is -2.31. The Bertz CT molecular complexity index is 434. The summed E-state index contributed by atoms with van der Waals surface area (Å²) in [6.45, 7) is 8.88. The van der Waals surface area contributed by atoms with Gasteiger partial charge >= 0.3 is 0 Å². The topological polar surface area (TPSA) is 29.1 Å². The van der Waals surface area contributed by atoms with Crippen LogP contribution in [0.15, 0.2) is 22.7 Å². The third-order valence-electron chi connectivity index (χ3n) is 2.62. The van der Waals surface area contributed by atoms with Gasteiger partial charge in [-0.25, -0.2) is 0 Å². The fourth-order valence-corrected chi connectivity index (χ4v) is 3.06. The second-order valence-corrected chi connectivity index (χ2v) is 7.62. The molecule has 0 radical (unpaired) electrons. The van der Waals surface area contributed by atoms with E-state index in [4.69, 9.17) is 11.6 Å². The summed E-state index contributed by atoms with van der Waals surface area (Å²) < 4.78 is 0.912. The average Bonchev–Trinajstić information content (AvgIpc) is 2.22. The number of hydrogen-bond acceptors (Lipinski definition) is 1. The van der Waals surface area contributed by atoms with Gasteiger partial charge in [-0.1, -0.05) is 36.7 Å². The normalized spacial score (nSPS) is 13.2. The highest BCUT2D eigenvalue weighted by Gasteiger charge is 2.17. The van der Waals surface area contributed by atoms with Gasteiger partial charge < -0.3 is 5.32 Å². The molecule has 106 valence electrons. The summed E-state index contributed by atoms with van der Waals surface area (Å²) in [4.78, 5) is 12.0. The highest BCUT2D eigenvalue weighted by Crippen LogP contribution is 2.23. The van der Waals surface area contributed by atoms with Crippen LogP contribution in [0.1, 0.15) is 43.1 Å². The number of amides is 1. The smallest absolute Gasteiger partial charge is 0.251 e. The van der Waals surface area contributed by atoms with E-state index in [9.17, 15) is 4.79 Å². The van der Waals surface area contributed by atoms with E-state index in [1.807, 2.05) is 25.1 Å². The maximum absolute atomic E-state index is 12.0. The number of carbonyl (C=O) groups is 1. The Balaban J connectivity index is 2.56. The molecule has 0 heterocycles. The highest BCUT2D eigenvalue weighted by atomic mass is 79.9. The summed E-state index contributed by atoms with van der Waals surface area (Å²) in [6.07, 6.45) is 0.867. The van der Waals surface area contributed by atoms with E-state index in [2.05, 4.69) is 42.0 Å². The third-order valence-corrected chi connectivity index (χ3v) is 3.39. The molecule has 1 unspecified atom stereocenters. The standard InChI is InChI=1S/C15H21BrClNO/c1-10-5-11(7-12(16)6-10)14(19)18-9-13(17)8-15(2,3)4/h5-7,13H,8-9H2,1-4H3,(H,18,19). The molecule has 1 atom stereocenters. The van der Waals surface area contributed by atoms with Gasteiger partial charge in [0.2, 0.25) is 0 Å². The van der Waals surface area contributed by atoms with Gasteiger partial charge in [0.25, 0.3) is 5.91 Å². The highest BCUT2D eigenvalue weighted by molar-refractivity contribution is 9.10. The van der Waals surface area contributed by atoms with E-state index in [1.54, 1.807) is 0 Å². The number of aryl methyl sites for hydroxylation is 1. The van der Waals surface area contributed by atoms with Crippen LogP contribution >= 0.6 is 27.5 Å². The van der Waals surface area contributed by atoms with Crippen molar-refractivity contribution in [1.82, 2.24) is 5.32 Å². The number of carbonyl (C=O) groups excluding carboxylic acids is 1. The van der Waals surface area contributed by atoms with Crippen LogP contribution in [0.3, 0.4) is 0 Å². The van der Waals surface area contributed by atoms with Crippen LogP contribution in [0.5, 0.6) is 0 Å². The first kappa shape index (κ1) is 16.5. The third kappa shape index (κ3) is 6.44. The Labute approximate surface area is 129 Å². The summed E-state index contributed by atoms with van der Waals surface area (Å²) >= 11 is 9.63. The molecule has 0 aliphatic heterocycles. The Morgan fingerprint density at radius 3 is 2.53 bits per heavy atom. The lowest BCUT2D eigenvalue weighted by Gasteiger charge is -2.22. The van der Waals surface area contributed by atoms with Crippen LogP contribution in [0, 0.1) is 12.3 Å². The van der Waals surface area contributed by atoms with E-state index < -0.39 is 0 Å². The number of hydrogen-bond donors (Lipinski definition) is 1. The number of rotatable bonds is 4. The molecule has 0 aliphatic rings. The second kappa shape index (κ2) is 6.76. The van der Waals surface area contributed by atoms with Gasteiger partial charge in [-0.3, -0.25) is 4.79 Å². The summed E-state index contributed by atoms with van der Waals surface area (Å²) in [5, 5.41) is 2.84. The summed E-state index contributed by atoms with van der Waals surface area (Å²) in [7, 11) is 0. The Kier molecular flexibility index (Phi) is 5.87. The molecule has 1 aromatic carbocycles. The monoisotopic (exact) mass is 345 g/mol. The van der Waals surface area contributed by atoms with Crippen LogP contribution in [-0.2, 0) is 0 Å². The fraction of sp³-hybridized carbons (Fsp3) is 0.533. The van der Waals surface area contributed by atoms with E-state index in [0.29, 0.717) is 12.1 Å². The zero-order valence-corrected chi connectivity index (χ0v) is 14.2. The molecule has 1 aromatic rings. The number of alkyl halides is 1. The van der Waals surface area contributed by atoms with Crippen molar-refractivity contribution in [2.24, 2.45) is 5.41 Å². The van der Waals surface area contributed by atoms with Crippen molar-refractivity contribution in [3.05, 3.63) is 33.8 Å². The molecule has 19 heavy (non-hydrogen) atoms. The van der Waals surface area contributed by atoms with Crippen molar-refractivity contribution < 1.29 is 4.79 Å². The fourth-order valence-electron chi connectivity index (χ4n) is 1.91. The number of halogens is 2. The van der Waals surface area contributed by atoms with Crippen LogP contribution in [0.2, 0.25) is 0 Å². The minimum Gasteiger partial charge on any atom is -0.351 e. The van der Waals surface area contributed by atoms with Crippen molar-refractivity contribution in [3.63, 3.8) is 0 Å². The number of benzene rings is 1. The van der Waals surface area contributed by atoms with Gasteiger partial charge in [-0.2, -0.15) is 0 Å². The van der Waals surface area contributed by atoms with Crippen molar-refractivity contribution in [1.29, 1.82) is 0 Å². The van der Waals surface area contributed by atoms with Crippen molar-refractivity contribution in [2.45, 2.75) is 39.5 Å². The quantitative estimate of drug-likeness (QED) is 0.797. The molecule has 4 heteroatoms. The van der Waals surface area contributed by atoms with Gasteiger partial charge in [0.05, 0.1) is 5.38 Å². The molecule has 0 fully saturated rings. The predicted octanol–water partition coefficient (Wildman–Crippen LogP) is 4.53. The van der Waals surface area contributed by atoms with Crippen LogP contribution in [-0.4, -0.2) is 17.8 Å². The van der Waals surface area contributed by atoms with E-state index in [1.165, 1.54) is 0 Å². The molecule has 0 bridgehead atoms. The average molecular weight is 347 g/mol. The van der Waals surface area contributed by atoms with E-state index in [-0.39, 0.29) is 16.7 Å². The zero-order valence-electron chi connectivity index (χ0n) is 11.9. The molecule has 1 rings (SSSR count). The molecular formula is C15H21BrClNO. The second-order valence-electron chi connectivity index (χ2n) is 6.09. The van der Waals surface area contributed by atoms with Crippen molar-refractivity contribution in [2.75, 3.05) is 6.54 Å². The molecule has 1 amide bonds. The van der Waals surface area contributed by atoms with Crippen LogP contribution in [0.4, 0.5) is 0 Å². The lowest BCUT2D eigenvalue weighted by molar-refractivity contribution is 0.0952. The maximum Gasteiger partial charge on any atom is 0.251 e. The van der Waals surface area contributed by atoms with Gasteiger partial charge in [0.15, 0.2) is 0 Å². The molecule has 0 saturated heterocycles. The van der Waals surface area contributed by atoms with Gasteiger partial charge in [-0.05, 0) is 42.5 Å². The largest absolute Gasteiger partial charge is 0.351 e. The first-order valence-corrected chi connectivity index (χ1v) is 7.60. The Morgan fingerprint density at radius 2 is 2.00 bits per heavy atom. The van der Waals surface area contributed by atoms with Crippen molar-refractivity contribution in [3.8, 4) is 0 Å². The molecule has 0 spiro atoms. The summed E-state index contributed by atoms with van der Waals surface area (Å²) in [5.74, 6) is -0.0797. The Hall–Kier alpha value is -0.540. The molecule has 0 aliphatic carbocycles. The Morgan fingerprint density at radius 1 is 1.37 bits per heavy atom. The zero-order chi connectivity index (χ0) is 14.6. The van der Waals surface area contributed by atoms with Crippen molar-refractivity contribution >= 4 is 33.4 Å². The molecule has 0 aromatic heterocycles. The minimum absolute atomic E-state index is 0.0443. The summed E-state index contributed by atoms with van der Waals surface area (Å²) in [6, 6.07) is 5.66. The summed E-state index contributed by atoms with van der Waals surface area (Å²) in [5.41, 5.74) is 1.88. The first-order chi connectivity index (χ1) is 8.67. The van der Waals surface area contributed by atoms with Gasteiger partial charge in [0, 0.05) is 16.6 Å². The van der Waals surface area contributed by atoms with Gasteiger partial charge in [0.1, 0.15) is 0 Å².